The molecule has 178 valence electrons. The van der Waals surface area contributed by atoms with Gasteiger partial charge in [-0.25, -0.2) is 4.68 Å². The molecule has 4 rings (SSSR count). The van der Waals surface area contributed by atoms with Crippen LogP contribution in [0.2, 0.25) is 0 Å². The Morgan fingerprint density at radius 3 is 3.03 bits per heavy atom. The Morgan fingerprint density at radius 1 is 1.39 bits per heavy atom. The van der Waals surface area contributed by atoms with E-state index in [1.807, 2.05) is 38.1 Å². The maximum Gasteiger partial charge on any atom is 0.252 e. The monoisotopic (exact) mass is 456 g/mol. The maximum absolute atomic E-state index is 12.8. The van der Waals surface area contributed by atoms with E-state index in [2.05, 4.69) is 25.4 Å². The first-order valence-corrected chi connectivity index (χ1v) is 11.6. The lowest BCUT2D eigenvalue weighted by Gasteiger charge is -2.28. The summed E-state index contributed by atoms with van der Waals surface area (Å²) < 4.78 is 13.2. The summed E-state index contributed by atoms with van der Waals surface area (Å²) in [6.07, 6.45) is 2.75. The normalized spacial score (nSPS) is 17.2. The fourth-order valence-electron chi connectivity index (χ4n) is 4.29. The fourth-order valence-corrected chi connectivity index (χ4v) is 4.29. The van der Waals surface area contributed by atoms with Crippen molar-refractivity contribution >= 4 is 10.9 Å². The highest BCUT2D eigenvalue weighted by Crippen LogP contribution is 2.24. The Morgan fingerprint density at radius 2 is 2.27 bits per heavy atom. The molecule has 1 aromatic carbocycles. The third kappa shape index (κ3) is 5.58. The quantitative estimate of drug-likeness (QED) is 0.450. The number of aromatic amines is 1. The summed E-state index contributed by atoms with van der Waals surface area (Å²) in [7, 11) is 0. The van der Waals surface area contributed by atoms with Crippen LogP contribution in [0.5, 0.6) is 5.75 Å². The van der Waals surface area contributed by atoms with Crippen LogP contribution >= 0.6 is 0 Å². The van der Waals surface area contributed by atoms with Gasteiger partial charge in [-0.3, -0.25) is 9.69 Å². The second-order valence-electron chi connectivity index (χ2n) is 8.38. The van der Waals surface area contributed by atoms with Gasteiger partial charge in [0.2, 0.25) is 0 Å². The Bertz CT molecular complexity index is 1110. The lowest BCUT2D eigenvalue weighted by Crippen LogP contribution is -2.33. The molecule has 10 nitrogen and oxygen atoms in total. The van der Waals surface area contributed by atoms with Crippen LogP contribution in [0.3, 0.4) is 0 Å². The predicted octanol–water partition coefficient (Wildman–Crippen LogP) is 2.04. The summed E-state index contributed by atoms with van der Waals surface area (Å²) in [5, 5.41) is 22.7. The molecule has 0 unspecified atom stereocenters. The van der Waals surface area contributed by atoms with Crippen LogP contribution in [-0.4, -0.2) is 67.7 Å². The topological polar surface area (TPSA) is 118 Å². The molecular formula is C23H32N6O4. The largest absolute Gasteiger partial charge is 0.494 e. The van der Waals surface area contributed by atoms with Gasteiger partial charge in [-0.05, 0) is 67.8 Å². The second-order valence-corrected chi connectivity index (χ2v) is 8.38. The van der Waals surface area contributed by atoms with Crippen molar-refractivity contribution in [2.75, 3.05) is 26.4 Å². The van der Waals surface area contributed by atoms with E-state index in [0.29, 0.717) is 38.2 Å². The molecule has 3 aromatic rings. The molecule has 3 heterocycles. The number of fused-ring (bicyclic) bond motifs is 1. The summed E-state index contributed by atoms with van der Waals surface area (Å²) in [6.45, 7) is 6.99. The Kier molecular flexibility index (Phi) is 7.69. The molecule has 33 heavy (non-hydrogen) atoms. The van der Waals surface area contributed by atoms with Gasteiger partial charge in [0.1, 0.15) is 5.75 Å². The van der Waals surface area contributed by atoms with E-state index >= 15 is 0 Å². The zero-order valence-corrected chi connectivity index (χ0v) is 19.2. The molecule has 1 aliphatic rings. The average molecular weight is 457 g/mol. The highest BCUT2D eigenvalue weighted by atomic mass is 16.5. The van der Waals surface area contributed by atoms with E-state index in [9.17, 15) is 9.90 Å². The van der Waals surface area contributed by atoms with E-state index in [0.717, 1.165) is 41.9 Å². The van der Waals surface area contributed by atoms with Crippen molar-refractivity contribution in [2.24, 2.45) is 0 Å². The molecule has 0 radical (unpaired) electrons. The highest BCUT2D eigenvalue weighted by molar-refractivity contribution is 5.80. The molecular weight excluding hydrogens is 424 g/mol. The molecule has 1 aliphatic heterocycles. The number of nitrogens with zero attached hydrogens (tertiary/aromatic N) is 5. The summed E-state index contributed by atoms with van der Waals surface area (Å²) in [4.78, 5) is 17.9. The van der Waals surface area contributed by atoms with Crippen molar-refractivity contribution < 1.29 is 14.6 Å². The molecule has 0 bridgehead atoms. The summed E-state index contributed by atoms with van der Waals surface area (Å²) >= 11 is 0. The Balaban J connectivity index is 1.59. The number of ether oxygens (including phenoxy) is 2. The first kappa shape index (κ1) is 23.3. The van der Waals surface area contributed by atoms with Gasteiger partial charge in [-0.1, -0.05) is 0 Å². The van der Waals surface area contributed by atoms with Gasteiger partial charge in [0.05, 0.1) is 25.3 Å². The van der Waals surface area contributed by atoms with Crippen LogP contribution in [0.4, 0.5) is 0 Å². The van der Waals surface area contributed by atoms with Gasteiger partial charge in [0.15, 0.2) is 5.82 Å². The van der Waals surface area contributed by atoms with Gasteiger partial charge < -0.3 is 19.6 Å². The van der Waals surface area contributed by atoms with Gasteiger partial charge in [-0.15, -0.1) is 5.10 Å². The van der Waals surface area contributed by atoms with E-state index in [1.54, 1.807) is 4.68 Å². The minimum Gasteiger partial charge on any atom is -0.494 e. The van der Waals surface area contributed by atoms with Gasteiger partial charge >= 0.3 is 0 Å². The molecule has 2 N–H and O–H groups in total. The average Bonchev–Trinajstić information content (AvgIpc) is 3.49. The van der Waals surface area contributed by atoms with Gasteiger partial charge in [0.25, 0.3) is 5.56 Å². The van der Waals surface area contributed by atoms with Gasteiger partial charge in [0, 0.05) is 42.8 Å². The molecule has 0 aliphatic carbocycles. The van der Waals surface area contributed by atoms with Crippen molar-refractivity contribution in [3.05, 3.63) is 46.0 Å². The maximum atomic E-state index is 12.8. The van der Waals surface area contributed by atoms with Crippen molar-refractivity contribution in [1.82, 2.24) is 30.1 Å². The lowest BCUT2D eigenvalue weighted by atomic mass is 10.1. The SMILES string of the molecule is CCOc1ccc2[nH]c(=O)c(CN(CCCO)[C@H](C)c3nnnn3C[C@H]3CCCO3)cc2c1. The number of pyridine rings is 1. The molecule has 0 saturated carbocycles. The lowest BCUT2D eigenvalue weighted by molar-refractivity contribution is 0.0898. The first-order chi connectivity index (χ1) is 16.1. The number of rotatable bonds is 11. The van der Waals surface area contributed by atoms with Crippen LogP contribution in [0, 0.1) is 0 Å². The zero-order chi connectivity index (χ0) is 23.2. The number of aliphatic hydroxyl groups excluding tert-OH is 1. The number of H-pyrrole nitrogens is 1. The minimum absolute atomic E-state index is 0.0653. The number of aromatic nitrogens is 5. The molecule has 2 aromatic heterocycles. The smallest absolute Gasteiger partial charge is 0.252 e. The summed E-state index contributed by atoms with van der Waals surface area (Å²) in [6, 6.07) is 7.40. The zero-order valence-electron chi connectivity index (χ0n) is 19.2. The van der Waals surface area contributed by atoms with Crippen LogP contribution < -0.4 is 10.3 Å². The van der Waals surface area contributed by atoms with Crippen LogP contribution in [0.25, 0.3) is 10.9 Å². The van der Waals surface area contributed by atoms with E-state index in [-0.39, 0.29) is 24.3 Å². The van der Waals surface area contributed by atoms with E-state index in [1.165, 1.54) is 0 Å². The molecule has 1 saturated heterocycles. The summed E-state index contributed by atoms with van der Waals surface area (Å²) in [5.74, 6) is 1.49. The number of aliphatic hydroxyl groups is 1. The number of benzene rings is 1. The van der Waals surface area contributed by atoms with Crippen molar-refractivity contribution in [3.63, 3.8) is 0 Å². The minimum atomic E-state index is -0.155. The number of hydrogen-bond acceptors (Lipinski definition) is 8. The fraction of sp³-hybridized carbons (Fsp3) is 0.565. The van der Waals surface area contributed by atoms with E-state index in [4.69, 9.17) is 9.47 Å². The first-order valence-electron chi connectivity index (χ1n) is 11.6. The third-order valence-corrected chi connectivity index (χ3v) is 6.06. The molecule has 1 fully saturated rings. The van der Waals surface area contributed by atoms with Gasteiger partial charge in [-0.2, -0.15) is 0 Å². The van der Waals surface area contributed by atoms with Crippen LogP contribution in [0.15, 0.2) is 29.1 Å². The number of nitrogens with one attached hydrogen (secondary N) is 1. The number of hydrogen-bond donors (Lipinski definition) is 2. The molecule has 0 amide bonds. The predicted molar refractivity (Wildman–Crippen MR) is 123 cm³/mol. The Hall–Kier alpha value is -2.82. The van der Waals surface area contributed by atoms with Crippen molar-refractivity contribution in [2.45, 2.75) is 58.3 Å². The summed E-state index contributed by atoms with van der Waals surface area (Å²) in [5.41, 5.74) is 1.27. The molecule has 2 atom stereocenters. The molecule has 0 spiro atoms. The highest BCUT2D eigenvalue weighted by Gasteiger charge is 2.25. The number of tetrazole rings is 1. The van der Waals surface area contributed by atoms with Crippen molar-refractivity contribution in [3.8, 4) is 5.75 Å². The standard InChI is InChI=1S/C23H32N6O4/c1-3-32-19-7-8-21-17(13-19)12-18(23(31)24-21)14-28(9-5-10-30)16(2)22-25-26-27-29(22)15-20-6-4-11-33-20/h7-8,12-13,16,20,30H,3-6,9-11,14-15H2,1-2H3,(H,24,31)/t16-,20-/m1/s1. The van der Waals surface area contributed by atoms with Crippen molar-refractivity contribution in [1.29, 1.82) is 0 Å². The third-order valence-electron chi connectivity index (χ3n) is 6.06. The van der Waals surface area contributed by atoms with E-state index < -0.39 is 0 Å². The van der Waals surface area contributed by atoms with Crippen LogP contribution in [-0.2, 0) is 17.8 Å². The molecule has 10 heteroatoms. The van der Waals surface area contributed by atoms with Crippen LogP contribution in [0.1, 0.15) is 50.5 Å². The Labute approximate surface area is 192 Å². The second kappa shape index (κ2) is 10.9.